The zero-order valence-electron chi connectivity index (χ0n) is 14.9. The number of halogens is 1. The summed E-state index contributed by atoms with van der Waals surface area (Å²) < 4.78 is 24.1. The van der Waals surface area contributed by atoms with Crippen molar-refractivity contribution in [2.24, 2.45) is 0 Å². The zero-order chi connectivity index (χ0) is 19.0. The molecule has 0 spiro atoms. The van der Waals surface area contributed by atoms with E-state index in [1.54, 1.807) is 37.7 Å². The fourth-order valence-corrected chi connectivity index (χ4v) is 4.58. The molecule has 4 rings (SSSR count). The van der Waals surface area contributed by atoms with E-state index >= 15 is 0 Å². The van der Waals surface area contributed by atoms with Gasteiger partial charge in [0, 0.05) is 39.8 Å². The highest BCUT2D eigenvalue weighted by atomic mass is 32.1. The molecule has 0 saturated heterocycles. The van der Waals surface area contributed by atoms with E-state index < -0.39 is 0 Å². The Balaban J connectivity index is 1.81. The van der Waals surface area contributed by atoms with Crippen molar-refractivity contribution < 1.29 is 18.7 Å². The third kappa shape index (κ3) is 3.17. The first-order chi connectivity index (χ1) is 13.1. The predicted octanol–water partition coefficient (Wildman–Crippen LogP) is 5.05. The highest BCUT2D eigenvalue weighted by molar-refractivity contribution is 7.11. The van der Waals surface area contributed by atoms with Crippen molar-refractivity contribution in [2.75, 3.05) is 19.5 Å². The van der Waals surface area contributed by atoms with Crippen LogP contribution in [-0.2, 0) is 4.79 Å². The fourth-order valence-electron chi connectivity index (χ4n) is 3.43. The van der Waals surface area contributed by atoms with E-state index in [0.29, 0.717) is 17.9 Å². The molecule has 138 valence electrons. The summed E-state index contributed by atoms with van der Waals surface area (Å²) in [7, 11) is 3.22. The normalized spacial score (nSPS) is 15.8. The highest BCUT2D eigenvalue weighted by Gasteiger charge is 2.32. The summed E-state index contributed by atoms with van der Waals surface area (Å²) in [6.45, 7) is 0. The minimum Gasteiger partial charge on any atom is -0.497 e. The van der Waals surface area contributed by atoms with E-state index in [1.165, 1.54) is 12.1 Å². The standard InChI is InChI=1S/C21H18FNO3S/c1-25-14-7-8-15(18(9-14)26-2)16-10-19(24)23-20-17(11-27-21(16)20)12-3-5-13(22)6-4-12/h3-9,11,16H,10H2,1-2H3,(H,23,24). The quantitative estimate of drug-likeness (QED) is 0.686. The molecule has 4 nitrogen and oxygen atoms in total. The van der Waals surface area contributed by atoms with Crippen LogP contribution in [0.3, 0.4) is 0 Å². The number of amides is 1. The van der Waals surface area contributed by atoms with Crippen LogP contribution in [0.2, 0.25) is 0 Å². The maximum atomic E-state index is 13.3. The number of anilines is 1. The first-order valence-corrected chi connectivity index (χ1v) is 9.37. The van der Waals surface area contributed by atoms with Gasteiger partial charge in [-0.3, -0.25) is 4.79 Å². The van der Waals surface area contributed by atoms with Crippen LogP contribution in [0.25, 0.3) is 11.1 Å². The van der Waals surface area contributed by atoms with Crippen molar-refractivity contribution in [3.8, 4) is 22.6 Å². The zero-order valence-corrected chi connectivity index (χ0v) is 15.7. The number of nitrogens with one attached hydrogen (secondary N) is 1. The monoisotopic (exact) mass is 383 g/mol. The molecule has 0 saturated carbocycles. The number of hydrogen-bond acceptors (Lipinski definition) is 4. The average Bonchev–Trinajstić information content (AvgIpc) is 3.11. The van der Waals surface area contributed by atoms with Crippen molar-refractivity contribution in [1.29, 1.82) is 0 Å². The lowest BCUT2D eigenvalue weighted by Gasteiger charge is -2.25. The van der Waals surface area contributed by atoms with Crippen LogP contribution in [-0.4, -0.2) is 20.1 Å². The molecule has 27 heavy (non-hydrogen) atoms. The Morgan fingerprint density at radius 3 is 2.59 bits per heavy atom. The second-order valence-corrected chi connectivity index (χ2v) is 7.22. The maximum Gasteiger partial charge on any atom is 0.225 e. The summed E-state index contributed by atoms with van der Waals surface area (Å²) in [6, 6.07) is 11.9. The van der Waals surface area contributed by atoms with E-state index in [2.05, 4.69) is 5.32 Å². The largest absolute Gasteiger partial charge is 0.497 e. The molecule has 1 aliphatic rings. The first-order valence-electron chi connectivity index (χ1n) is 8.49. The van der Waals surface area contributed by atoms with Gasteiger partial charge >= 0.3 is 0 Å². The van der Waals surface area contributed by atoms with Gasteiger partial charge in [-0.05, 0) is 23.8 Å². The van der Waals surface area contributed by atoms with Crippen LogP contribution in [0.5, 0.6) is 11.5 Å². The second kappa shape index (κ2) is 7.04. The van der Waals surface area contributed by atoms with Gasteiger partial charge in [-0.25, -0.2) is 4.39 Å². The summed E-state index contributed by atoms with van der Waals surface area (Å²) in [5, 5.41) is 5.00. The van der Waals surface area contributed by atoms with Crippen LogP contribution >= 0.6 is 11.3 Å². The summed E-state index contributed by atoms with van der Waals surface area (Å²) >= 11 is 1.59. The number of fused-ring (bicyclic) bond motifs is 1. The van der Waals surface area contributed by atoms with Gasteiger partial charge in [0.25, 0.3) is 0 Å². The van der Waals surface area contributed by atoms with Crippen LogP contribution in [0.15, 0.2) is 47.8 Å². The van der Waals surface area contributed by atoms with E-state index in [0.717, 1.165) is 27.3 Å². The summed E-state index contributed by atoms with van der Waals surface area (Å²) in [6.07, 6.45) is 0.346. The van der Waals surface area contributed by atoms with E-state index in [4.69, 9.17) is 9.47 Å². The molecule has 3 aromatic rings. The van der Waals surface area contributed by atoms with Gasteiger partial charge in [-0.1, -0.05) is 18.2 Å². The molecule has 0 radical (unpaired) electrons. The number of rotatable bonds is 4. The van der Waals surface area contributed by atoms with E-state index in [9.17, 15) is 9.18 Å². The van der Waals surface area contributed by atoms with E-state index in [-0.39, 0.29) is 17.6 Å². The number of carbonyl (C=O) groups excluding carboxylic acids is 1. The SMILES string of the molecule is COc1ccc(C2CC(=O)Nc3c(-c4ccc(F)cc4)csc32)c(OC)c1. The average molecular weight is 383 g/mol. The summed E-state index contributed by atoms with van der Waals surface area (Å²) in [4.78, 5) is 13.5. The van der Waals surface area contributed by atoms with Crippen molar-refractivity contribution in [1.82, 2.24) is 0 Å². The number of methoxy groups -OCH3 is 2. The topological polar surface area (TPSA) is 47.6 Å². The predicted molar refractivity (Wildman–Crippen MR) is 104 cm³/mol. The number of thiophene rings is 1. The van der Waals surface area contributed by atoms with Gasteiger partial charge in [-0.2, -0.15) is 0 Å². The number of hydrogen-bond donors (Lipinski definition) is 1. The lowest BCUT2D eigenvalue weighted by atomic mass is 9.88. The lowest BCUT2D eigenvalue weighted by molar-refractivity contribution is -0.116. The number of benzene rings is 2. The Morgan fingerprint density at radius 2 is 1.89 bits per heavy atom. The molecule has 2 heterocycles. The molecule has 0 bridgehead atoms. The van der Waals surface area contributed by atoms with Gasteiger partial charge in [-0.15, -0.1) is 11.3 Å². The molecule has 1 N–H and O–H groups in total. The van der Waals surface area contributed by atoms with Gasteiger partial charge in [0.15, 0.2) is 0 Å². The van der Waals surface area contributed by atoms with Crippen LogP contribution in [0, 0.1) is 5.82 Å². The smallest absolute Gasteiger partial charge is 0.225 e. The first kappa shape index (κ1) is 17.5. The van der Waals surface area contributed by atoms with Crippen molar-refractivity contribution in [3.63, 3.8) is 0 Å². The Hall–Kier alpha value is -2.86. The molecule has 6 heteroatoms. The number of carbonyl (C=O) groups is 1. The van der Waals surface area contributed by atoms with Crippen molar-refractivity contribution in [3.05, 3.63) is 64.1 Å². The molecule has 1 aromatic heterocycles. The fraction of sp³-hybridized carbons (Fsp3) is 0.190. The minimum absolute atomic E-state index is 0.0490. The third-order valence-electron chi connectivity index (χ3n) is 4.76. The van der Waals surface area contributed by atoms with Crippen molar-refractivity contribution >= 4 is 22.9 Å². The Morgan fingerprint density at radius 1 is 1.11 bits per heavy atom. The molecule has 2 aromatic carbocycles. The Bertz CT molecular complexity index is 997. The Kier molecular flexibility index (Phi) is 4.58. The van der Waals surface area contributed by atoms with Gasteiger partial charge in [0.2, 0.25) is 5.91 Å². The third-order valence-corrected chi connectivity index (χ3v) is 5.86. The van der Waals surface area contributed by atoms with Gasteiger partial charge in [0.05, 0.1) is 19.9 Å². The minimum atomic E-state index is -0.285. The molecular weight excluding hydrogens is 365 g/mol. The van der Waals surface area contributed by atoms with Crippen molar-refractivity contribution in [2.45, 2.75) is 12.3 Å². The van der Waals surface area contributed by atoms with Gasteiger partial charge in [0.1, 0.15) is 17.3 Å². The number of ether oxygens (including phenoxy) is 2. The summed E-state index contributed by atoms with van der Waals surface area (Å²) in [5.74, 6) is 0.958. The van der Waals surface area contributed by atoms with Gasteiger partial charge < -0.3 is 14.8 Å². The van der Waals surface area contributed by atoms with Crippen LogP contribution < -0.4 is 14.8 Å². The molecular formula is C21H18FNO3S. The highest BCUT2D eigenvalue weighted by Crippen LogP contribution is 2.48. The second-order valence-electron chi connectivity index (χ2n) is 6.31. The lowest BCUT2D eigenvalue weighted by Crippen LogP contribution is -2.22. The molecule has 0 aliphatic carbocycles. The molecule has 1 unspecified atom stereocenters. The Labute approximate surface area is 160 Å². The molecule has 0 fully saturated rings. The molecule has 1 atom stereocenters. The van der Waals surface area contributed by atoms with E-state index in [1.807, 2.05) is 23.6 Å². The maximum absolute atomic E-state index is 13.3. The van der Waals surface area contributed by atoms with Crippen LogP contribution in [0.1, 0.15) is 22.8 Å². The molecule has 1 aliphatic heterocycles. The molecule has 1 amide bonds. The van der Waals surface area contributed by atoms with Crippen LogP contribution in [0.4, 0.5) is 10.1 Å². The summed E-state index contributed by atoms with van der Waals surface area (Å²) in [5.41, 5.74) is 3.52.